The maximum Gasteiger partial charge on any atom is 0.337 e. The quantitative estimate of drug-likeness (QED) is 0.856. The van der Waals surface area contributed by atoms with Crippen molar-refractivity contribution >= 4 is 11.9 Å². The molecule has 5 nitrogen and oxygen atoms in total. The highest BCUT2D eigenvalue weighted by atomic mass is 16.5. The normalized spacial score (nSPS) is 11.6. The van der Waals surface area contributed by atoms with Crippen LogP contribution in [0.4, 0.5) is 0 Å². The second kappa shape index (κ2) is 7.56. The number of hydrogen-bond acceptors (Lipinski definition) is 5. The van der Waals surface area contributed by atoms with Gasteiger partial charge in [0.05, 0.1) is 19.8 Å². The van der Waals surface area contributed by atoms with Crippen LogP contribution in [-0.4, -0.2) is 32.2 Å². The summed E-state index contributed by atoms with van der Waals surface area (Å²) < 4.78 is 9.29. The lowest BCUT2D eigenvalue weighted by atomic mass is 10.00. The predicted octanol–water partition coefficient (Wildman–Crippen LogP) is 2.18. The summed E-state index contributed by atoms with van der Waals surface area (Å²) in [6, 6.07) is 14.3. The number of methoxy groups -OCH3 is 2. The van der Waals surface area contributed by atoms with E-state index in [0.717, 1.165) is 16.7 Å². The maximum atomic E-state index is 11.4. The average Bonchev–Trinajstić information content (AvgIpc) is 2.61. The Kier molecular flexibility index (Phi) is 5.49. The van der Waals surface area contributed by atoms with E-state index in [1.807, 2.05) is 36.4 Å². The van der Waals surface area contributed by atoms with Gasteiger partial charge in [0.1, 0.15) is 6.04 Å². The van der Waals surface area contributed by atoms with Crippen LogP contribution in [0, 0.1) is 0 Å². The molecule has 23 heavy (non-hydrogen) atoms. The van der Waals surface area contributed by atoms with Gasteiger partial charge >= 0.3 is 11.9 Å². The standard InChI is InChI=1S/C18H19NO4/c1-22-17(20)15-9-7-14(8-10-15)13-5-3-12(4-6-13)11-16(19)18(21)23-2/h3-10,16H,11,19H2,1-2H3. The van der Waals surface area contributed by atoms with E-state index in [0.29, 0.717) is 12.0 Å². The minimum absolute atomic E-state index is 0.358. The lowest BCUT2D eigenvalue weighted by molar-refractivity contribution is -0.142. The Bertz CT molecular complexity index is 677. The fourth-order valence-electron chi connectivity index (χ4n) is 2.24. The molecule has 1 atom stereocenters. The molecule has 0 saturated heterocycles. The van der Waals surface area contributed by atoms with Gasteiger partial charge in [-0.15, -0.1) is 0 Å². The van der Waals surface area contributed by atoms with Crippen molar-refractivity contribution in [2.24, 2.45) is 5.73 Å². The van der Waals surface area contributed by atoms with Crippen LogP contribution in [0.3, 0.4) is 0 Å². The van der Waals surface area contributed by atoms with Crippen molar-refractivity contribution in [2.45, 2.75) is 12.5 Å². The number of rotatable bonds is 5. The first-order valence-corrected chi connectivity index (χ1v) is 7.16. The summed E-state index contributed by atoms with van der Waals surface area (Å²) in [5.74, 6) is -0.781. The van der Waals surface area contributed by atoms with Gasteiger partial charge in [-0.2, -0.15) is 0 Å². The molecular weight excluding hydrogens is 294 g/mol. The molecule has 2 rings (SSSR count). The fourth-order valence-corrected chi connectivity index (χ4v) is 2.24. The number of ether oxygens (including phenoxy) is 2. The largest absolute Gasteiger partial charge is 0.468 e. The first kappa shape index (κ1) is 16.7. The Hall–Kier alpha value is -2.66. The Labute approximate surface area is 135 Å². The fraction of sp³-hybridized carbons (Fsp3) is 0.222. The Morgan fingerprint density at radius 3 is 1.91 bits per heavy atom. The monoisotopic (exact) mass is 313 g/mol. The van der Waals surface area contributed by atoms with Gasteiger partial charge in [0.25, 0.3) is 0 Å². The van der Waals surface area contributed by atoms with Crippen molar-refractivity contribution in [2.75, 3.05) is 14.2 Å². The lowest BCUT2D eigenvalue weighted by Gasteiger charge is -2.10. The molecule has 0 amide bonds. The molecule has 0 fully saturated rings. The first-order chi connectivity index (χ1) is 11.0. The smallest absolute Gasteiger partial charge is 0.337 e. The molecule has 2 aromatic carbocycles. The van der Waals surface area contributed by atoms with Crippen molar-refractivity contribution in [1.82, 2.24) is 0 Å². The van der Waals surface area contributed by atoms with Gasteiger partial charge < -0.3 is 15.2 Å². The summed E-state index contributed by atoms with van der Waals surface area (Å²) in [6.45, 7) is 0. The topological polar surface area (TPSA) is 78.6 Å². The van der Waals surface area contributed by atoms with Crippen LogP contribution in [0.5, 0.6) is 0 Å². The van der Waals surface area contributed by atoms with Crippen LogP contribution in [0.25, 0.3) is 11.1 Å². The van der Waals surface area contributed by atoms with E-state index in [1.165, 1.54) is 14.2 Å². The van der Waals surface area contributed by atoms with E-state index >= 15 is 0 Å². The summed E-state index contributed by atoms with van der Waals surface area (Å²) in [7, 11) is 2.68. The number of carbonyl (C=O) groups is 2. The minimum atomic E-state index is -0.662. The molecule has 1 unspecified atom stereocenters. The zero-order valence-electron chi connectivity index (χ0n) is 13.1. The Morgan fingerprint density at radius 1 is 0.913 bits per heavy atom. The third-order valence-corrected chi connectivity index (χ3v) is 3.55. The van der Waals surface area contributed by atoms with E-state index < -0.39 is 12.0 Å². The van der Waals surface area contributed by atoms with Crippen LogP contribution in [0.2, 0.25) is 0 Å². The summed E-state index contributed by atoms with van der Waals surface area (Å²) in [5.41, 5.74) is 9.21. The molecule has 0 radical (unpaired) electrons. The molecule has 0 aliphatic heterocycles. The van der Waals surface area contributed by atoms with Crippen LogP contribution >= 0.6 is 0 Å². The SMILES string of the molecule is COC(=O)c1ccc(-c2ccc(CC(N)C(=O)OC)cc2)cc1. The van der Waals surface area contributed by atoms with Crippen molar-refractivity contribution in [3.05, 3.63) is 59.7 Å². The first-order valence-electron chi connectivity index (χ1n) is 7.16. The van der Waals surface area contributed by atoms with Crippen molar-refractivity contribution in [1.29, 1.82) is 0 Å². The summed E-state index contributed by atoms with van der Waals surface area (Å²) >= 11 is 0. The molecule has 5 heteroatoms. The van der Waals surface area contributed by atoms with Crippen LogP contribution in [0.1, 0.15) is 15.9 Å². The molecule has 120 valence electrons. The number of benzene rings is 2. The summed E-state index contributed by atoms with van der Waals surface area (Å²) in [6.07, 6.45) is 0.425. The molecule has 0 spiro atoms. The van der Waals surface area contributed by atoms with Gasteiger partial charge in [-0.05, 0) is 35.2 Å². The van der Waals surface area contributed by atoms with E-state index in [4.69, 9.17) is 5.73 Å². The van der Waals surface area contributed by atoms with E-state index in [1.54, 1.807) is 12.1 Å². The highest BCUT2D eigenvalue weighted by molar-refractivity contribution is 5.90. The summed E-state index contributed by atoms with van der Waals surface area (Å²) in [5, 5.41) is 0. The predicted molar refractivity (Wildman–Crippen MR) is 86.9 cm³/mol. The average molecular weight is 313 g/mol. The van der Waals surface area contributed by atoms with Crippen molar-refractivity contribution in [3.63, 3.8) is 0 Å². The van der Waals surface area contributed by atoms with Gasteiger partial charge in [-0.25, -0.2) is 4.79 Å². The van der Waals surface area contributed by atoms with Gasteiger partial charge in [-0.1, -0.05) is 36.4 Å². The van der Waals surface area contributed by atoms with E-state index in [2.05, 4.69) is 9.47 Å². The molecule has 0 saturated carbocycles. The molecule has 0 bridgehead atoms. The molecule has 0 heterocycles. The highest BCUT2D eigenvalue weighted by Gasteiger charge is 2.14. The number of esters is 2. The molecule has 2 aromatic rings. The Morgan fingerprint density at radius 2 is 1.43 bits per heavy atom. The minimum Gasteiger partial charge on any atom is -0.468 e. The van der Waals surface area contributed by atoms with Crippen LogP contribution in [-0.2, 0) is 20.7 Å². The van der Waals surface area contributed by atoms with Crippen LogP contribution in [0.15, 0.2) is 48.5 Å². The summed E-state index contributed by atoms with van der Waals surface area (Å²) in [4.78, 5) is 22.7. The van der Waals surface area contributed by atoms with Gasteiger partial charge in [-0.3, -0.25) is 4.79 Å². The van der Waals surface area contributed by atoms with Gasteiger partial charge in [0, 0.05) is 0 Å². The number of hydrogen-bond donors (Lipinski definition) is 1. The van der Waals surface area contributed by atoms with Gasteiger partial charge in [0.2, 0.25) is 0 Å². The molecule has 0 aliphatic rings. The molecular formula is C18H19NO4. The zero-order chi connectivity index (χ0) is 16.8. The number of carbonyl (C=O) groups excluding carboxylic acids is 2. The zero-order valence-corrected chi connectivity index (χ0v) is 13.1. The maximum absolute atomic E-state index is 11.4. The molecule has 0 aliphatic carbocycles. The third kappa shape index (κ3) is 4.17. The van der Waals surface area contributed by atoms with Crippen LogP contribution < -0.4 is 5.73 Å². The second-order valence-corrected chi connectivity index (χ2v) is 5.10. The second-order valence-electron chi connectivity index (χ2n) is 5.10. The van der Waals surface area contributed by atoms with E-state index in [-0.39, 0.29) is 5.97 Å². The third-order valence-electron chi connectivity index (χ3n) is 3.55. The molecule has 2 N–H and O–H groups in total. The highest BCUT2D eigenvalue weighted by Crippen LogP contribution is 2.21. The van der Waals surface area contributed by atoms with E-state index in [9.17, 15) is 9.59 Å². The Balaban J connectivity index is 2.10. The lowest BCUT2D eigenvalue weighted by Crippen LogP contribution is -2.33. The van der Waals surface area contributed by atoms with Crippen molar-refractivity contribution < 1.29 is 19.1 Å². The molecule has 0 aromatic heterocycles. The van der Waals surface area contributed by atoms with Crippen molar-refractivity contribution in [3.8, 4) is 11.1 Å². The van der Waals surface area contributed by atoms with Gasteiger partial charge in [0.15, 0.2) is 0 Å². The number of nitrogens with two attached hydrogens (primary N) is 1.